The molecule has 1 aromatic carbocycles. The van der Waals surface area contributed by atoms with Crippen molar-refractivity contribution < 1.29 is 13.2 Å². The number of anilines is 1. The molecule has 21 heavy (non-hydrogen) atoms. The van der Waals surface area contributed by atoms with Crippen LogP contribution in [0, 0.1) is 0 Å². The summed E-state index contributed by atoms with van der Waals surface area (Å²) >= 11 is 0. The van der Waals surface area contributed by atoms with E-state index in [4.69, 9.17) is 10.5 Å². The molecule has 0 bridgehead atoms. The number of pyridine rings is 1. The quantitative estimate of drug-likeness (QED) is 0.895. The first-order chi connectivity index (χ1) is 10.1. The number of hydrogen-bond donors (Lipinski definition) is 2. The van der Waals surface area contributed by atoms with E-state index in [-0.39, 0.29) is 16.8 Å². The normalized spacial score (nSPS) is 17.8. The second kappa shape index (κ2) is 5.34. The predicted octanol–water partition coefficient (Wildman–Crippen LogP) is 1.47. The Morgan fingerprint density at radius 3 is 2.81 bits per heavy atom. The first-order valence-electron chi connectivity index (χ1n) is 6.52. The Labute approximate surface area is 123 Å². The standard InChI is InChI=1S/C14H15N3O3S/c15-14-6-5-10(9-16-14)21(18,19)17-12-7-8-20-13-4-2-1-3-11(12)13/h1-6,9,12,17H,7-8H2,(H2,15,16). The molecule has 0 saturated heterocycles. The lowest BCUT2D eigenvalue weighted by Crippen LogP contribution is -2.32. The number of ether oxygens (including phenoxy) is 1. The number of sulfonamides is 1. The van der Waals surface area contributed by atoms with Crippen LogP contribution in [0.4, 0.5) is 5.82 Å². The molecule has 1 aliphatic heterocycles. The smallest absolute Gasteiger partial charge is 0.242 e. The van der Waals surface area contributed by atoms with Crippen molar-refractivity contribution in [2.24, 2.45) is 0 Å². The van der Waals surface area contributed by atoms with Crippen LogP contribution in [0.5, 0.6) is 5.75 Å². The number of nitrogen functional groups attached to an aromatic ring is 1. The molecule has 0 amide bonds. The molecule has 2 heterocycles. The Kier molecular flexibility index (Phi) is 3.52. The number of aromatic nitrogens is 1. The van der Waals surface area contributed by atoms with Crippen LogP contribution in [0.15, 0.2) is 47.5 Å². The average molecular weight is 305 g/mol. The maximum Gasteiger partial charge on any atom is 0.242 e. The molecule has 6 nitrogen and oxygen atoms in total. The lowest BCUT2D eigenvalue weighted by Gasteiger charge is -2.26. The molecule has 110 valence electrons. The molecular formula is C14H15N3O3S. The minimum Gasteiger partial charge on any atom is -0.493 e. The van der Waals surface area contributed by atoms with Crippen LogP contribution < -0.4 is 15.2 Å². The average Bonchev–Trinajstić information content (AvgIpc) is 2.48. The van der Waals surface area contributed by atoms with Crippen molar-refractivity contribution in [2.75, 3.05) is 12.3 Å². The zero-order chi connectivity index (χ0) is 14.9. The zero-order valence-electron chi connectivity index (χ0n) is 11.2. The number of hydrogen-bond acceptors (Lipinski definition) is 5. The van der Waals surface area contributed by atoms with Crippen LogP contribution >= 0.6 is 0 Å². The van der Waals surface area contributed by atoms with Gasteiger partial charge in [-0.25, -0.2) is 18.1 Å². The Balaban J connectivity index is 1.88. The molecule has 0 saturated carbocycles. The van der Waals surface area contributed by atoms with E-state index >= 15 is 0 Å². The molecule has 1 aliphatic rings. The first kappa shape index (κ1) is 13.8. The number of rotatable bonds is 3. The van der Waals surface area contributed by atoms with E-state index in [2.05, 4.69) is 9.71 Å². The molecule has 1 atom stereocenters. The SMILES string of the molecule is Nc1ccc(S(=O)(=O)NC2CCOc3ccccc32)cn1. The van der Waals surface area contributed by atoms with Gasteiger partial charge in [-0.15, -0.1) is 0 Å². The van der Waals surface area contributed by atoms with Gasteiger partial charge in [0.2, 0.25) is 10.0 Å². The van der Waals surface area contributed by atoms with Crippen molar-refractivity contribution in [2.45, 2.75) is 17.4 Å². The van der Waals surface area contributed by atoms with Crippen molar-refractivity contribution in [1.82, 2.24) is 9.71 Å². The van der Waals surface area contributed by atoms with Gasteiger partial charge in [-0.3, -0.25) is 0 Å². The molecule has 3 N–H and O–H groups in total. The van der Waals surface area contributed by atoms with Gasteiger partial charge in [0, 0.05) is 18.2 Å². The third kappa shape index (κ3) is 2.84. The topological polar surface area (TPSA) is 94.3 Å². The Morgan fingerprint density at radius 1 is 1.24 bits per heavy atom. The Hall–Kier alpha value is -2.12. The second-order valence-corrected chi connectivity index (χ2v) is 6.48. The Morgan fingerprint density at radius 2 is 2.05 bits per heavy atom. The molecule has 7 heteroatoms. The van der Waals surface area contributed by atoms with E-state index < -0.39 is 10.0 Å². The van der Waals surface area contributed by atoms with Gasteiger partial charge in [0.1, 0.15) is 16.5 Å². The molecule has 2 aromatic rings. The molecule has 0 spiro atoms. The summed E-state index contributed by atoms with van der Waals surface area (Å²) in [6.07, 6.45) is 1.83. The molecule has 1 unspecified atom stereocenters. The number of nitrogens with one attached hydrogen (secondary N) is 1. The third-order valence-corrected chi connectivity index (χ3v) is 4.78. The third-order valence-electron chi connectivity index (χ3n) is 3.33. The second-order valence-electron chi connectivity index (χ2n) is 4.77. The molecular weight excluding hydrogens is 290 g/mol. The van der Waals surface area contributed by atoms with E-state index in [9.17, 15) is 8.42 Å². The number of nitrogens with zero attached hydrogens (tertiary/aromatic N) is 1. The van der Waals surface area contributed by atoms with E-state index in [0.717, 1.165) is 5.56 Å². The summed E-state index contributed by atoms with van der Waals surface area (Å²) in [6.45, 7) is 0.476. The summed E-state index contributed by atoms with van der Waals surface area (Å²) in [6, 6.07) is 10.0. The summed E-state index contributed by atoms with van der Waals surface area (Å²) < 4.78 is 33.0. The van der Waals surface area contributed by atoms with Crippen LogP contribution in [0.1, 0.15) is 18.0 Å². The van der Waals surface area contributed by atoms with Gasteiger partial charge in [-0.05, 0) is 18.2 Å². The van der Waals surface area contributed by atoms with Crippen molar-refractivity contribution in [3.63, 3.8) is 0 Å². The van der Waals surface area contributed by atoms with Crippen LogP contribution in [0.3, 0.4) is 0 Å². The summed E-state index contributed by atoms with van der Waals surface area (Å²) in [5, 5.41) is 0. The van der Waals surface area contributed by atoms with Gasteiger partial charge in [-0.2, -0.15) is 0 Å². The zero-order valence-corrected chi connectivity index (χ0v) is 12.0. The van der Waals surface area contributed by atoms with Crippen molar-refractivity contribution >= 4 is 15.8 Å². The summed E-state index contributed by atoms with van der Waals surface area (Å²) in [5.41, 5.74) is 6.32. The number of para-hydroxylation sites is 1. The van der Waals surface area contributed by atoms with Crippen LogP contribution in [-0.4, -0.2) is 20.0 Å². The summed E-state index contributed by atoms with van der Waals surface area (Å²) in [5.74, 6) is 0.997. The fourth-order valence-electron chi connectivity index (χ4n) is 2.27. The van der Waals surface area contributed by atoms with Crippen molar-refractivity contribution in [1.29, 1.82) is 0 Å². The van der Waals surface area contributed by atoms with Crippen LogP contribution in [0.2, 0.25) is 0 Å². The lowest BCUT2D eigenvalue weighted by atomic mass is 10.0. The number of benzene rings is 1. The van der Waals surface area contributed by atoms with Gasteiger partial charge >= 0.3 is 0 Å². The van der Waals surface area contributed by atoms with Gasteiger partial charge in [-0.1, -0.05) is 18.2 Å². The predicted molar refractivity (Wildman–Crippen MR) is 78.3 cm³/mol. The van der Waals surface area contributed by atoms with Gasteiger partial charge < -0.3 is 10.5 Å². The van der Waals surface area contributed by atoms with Gasteiger partial charge in [0.15, 0.2) is 0 Å². The molecule has 1 aromatic heterocycles. The fourth-order valence-corrected chi connectivity index (χ4v) is 3.46. The fraction of sp³-hybridized carbons (Fsp3) is 0.214. The van der Waals surface area contributed by atoms with E-state index in [1.807, 2.05) is 24.3 Å². The van der Waals surface area contributed by atoms with E-state index in [1.54, 1.807) is 0 Å². The molecule has 0 radical (unpaired) electrons. The molecule has 0 aliphatic carbocycles. The highest BCUT2D eigenvalue weighted by molar-refractivity contribution is 7.89. The Bertz CT molecular complexity index is 744. The van der Waals surface area contributed by atoms with Crippen molar-refractivity contribution in [3.05, 3.63) is 48.2 Å². The lowest BCUT2D eigenvalue weighted by molar-refractivity contribution is 0.263. The monoisotopic (exact) mass is 305 g/mol. The van der Waals surface area contributed by atoms with Crippen molar-refractivity contribution in [3.8, 4) is 5.75 Å². The van der Waals surface area contributed by atoms with E-state index in [1.165, 1.54) is 18.3 Å². The summed E-state index contributed by atoms with van der Waals surface area (Å²) in [7, 11) is -3.64. The van der Waals surface area contributed by atoms with Crippen LogP contribution in [0.25, 0.3) is 0 Å². The molecule has 0 fully saturated rings. The van der Waals surface area contributed by atoms with Crippen LogP contribution in [-0.2, 0) is 10.0 Å². The largest absolute Gasteiger partial charge is 0.493 e. The van der Waals surface area contributed by atoms with E-state index in [0.29, 0.717) is 18.8 Å². The highest BCUT2D eigenvalue weighted by atomic mass is 32.2. The maximum absolute atomic E-state index is 12.4. The first-order valence-corrected chi connectivity index (χ1v) is 8.00. The van der Waals surface area contributed by atoms with Gasteiger partial charge in [0.25, 0.3) is 0 Å². The van der Waals surface area contributed by atoms with Gasteiger partial charge in [0.05, 0.1) is 12.6 Å². The minimum atomic E-state index is -3.64. The highest BCUT2D eigenvalue weighted by Crippen LogP contribution is 2.32. The molecule has 3 rings (SSSR count). The highest BCUT2D eigenvalue weighted by Gasteiger charge is 2.26. The number of nitrogens with two attached hydrogens (primary N) is 1. The number of fused-ring (bicyclic) bond motifs is 1. The summed E-state index contributed by atoms with van der Waals surface area (Å²) in [4.78, 5) is 3.91. The minimum absolute atomic E-state index is 0.0978. The maximum atomic E-state index is 12.4.